The lowest BCUT2D eigenvalue weighted by atomic mass is 10.3. The topological polar surface area (TPSA) is 12.9 Å². The second-order valence-corrected chi connectivity index (χ2v) is 4.51. The summed E-state index contributed by atoms with van der Waals surface area (Å²) in [6, 6.07) is 2.87. The summed E-state index contributed by atoms with van der Waals surface area (Å²) >= 11 is 7.34. The van der Waals surface area contributed by atoms with Gasteiger partial charge in [0.15, 0.2) is 0 Å². The summed E-state index contributed by atoms with van der Waals surface area (Å²) < 4.78 is 14.0. The molecule has 0 saturated heterocycles. The third-order valence-corrected chi connectivity index (χ3v) is 3.55. The molecule has 4 heteroatoms. The zero-order valence-corrected chi connectivity index (χ0v) is 9.33. The number of hydrogen-bond donors (Lipinski definition) is 0. The van der Waals surface area contributed by atoms with E-state index >= 15 is 0 Å². The van der Waals surface area contributed by atoms with E-state index in [2.05, 4.69) is 10.9 Å². The van der Waals surface area contributed by atoms with Crippen LogP contribution in [0.4, 0.5) is 4.39 Å². The molecule has 2 rings (SSSR count). The summed E-state index contributed by atoms with van der Waals surface area (Å²) in [4.78, 5) is 4.17. The average molecular weight is 240 g/mol. The maximum absolute atomic E-state index is 13.3. The van der Waals surface area contributed by atoms with E-state index in [0.29, 0.717) is 28.1 Å². The normalized spacial score (nSPS) is 10.5. The molecular formula is C11H7ClFNS. The lowest BCUT2D eigenvalue weighted by Crippen LogP contribution is -1.82. The summed E-state index contributed by atoms with van der Waals surface area (Å²) in [6.07, 6.45) is 6.44. The van der Waals surface area contributed by atoms with Crippen molar-refractivity contribution in [2.45, 2.75) is 12.8 Å². The second-order valence-electron chi connectivity index (χ2n) is 3.02. The third kappa shape index (κ3) is 1.97. The van der Waals surface area contributed by atoms with E-state index in [4.69, 9.17) is 18.0 Å². The van der Waals surface area contributed by atoms with Crippen molar-refractivity contribution in [2.75, 3.05) is 0 Å². The van der Waals surface area contributed by atoms with Crippen molar-refractivity contribution in [2.24, 2.45) is 0 Å². The molecule has 1 heterocycles. The number of aromatic nitrogens is 1. The van der Waals surface area contributed by atoms with E-state index in [1.54, 1.807) is 6.07 Å². The summed E-state index contributed by atoms with van der Waals surface area (Å²) in [7, 11) is 0. The quantitative estimate of drug-likeness (QED) is 0.729. The highest BCUT2D eigenvalue weighted by Gasteiger charge is 2.10. The van der Waals surface area contributed by atoms with Crippen molar-refractivity contribution >= 4 is 33.2 Å². The van der Waals surface area contributed by atoms with Crippen molar-refractivity contribution < 1.29 is 4.39 Å². The van der Waals surface area contributed by atoms with Crippen LogP contribution in [0.5, 0.6) is 0 Å². The molecular weight excluding hydrogens is 233 g/mol. The molecule has 1 aromatic carbocycles. The van der Waals surface area contributed by atoms with Gasteiger partial charge in [0.1, 0.15) is 11.3 Å². The van der Waals surface area contributed by atoms with E-state index in [-0.39, 0.29) is 5.82 Å². The summed E-state index contributed by atoms with van der Waals surface area (Å²) in [5.74, 6) is 2.19. The Morgan fingerprint density at radius 1 is 1.53 bits per heavy atom. The summed E-state index contributed by atoms with van der Waals surface area (Å²) in [5, 5.41) is 1.37. The van der Waals surface area contributed by atoms with Gasteiger partial charge in [-0.1, -0.05) is 11.6 Å². The molecule has 76 valence electrons. The van der Waals surface area contributed by atoms with Crippen LogP contribution in [0.1, 0.15) is 11.4 Å². The predicted molar refractivity (Wildman–Crippen MR) is 61.7 cm³/mol. The molecule has 0 N–H and O–H groups in total. The molecule has 15 heavy (non-hydrogen) atoms. The zero-order valence-electron chi connectivity index (χ0n) is 7.76. The van der Waals surface area contributed by atoms with Gasteiger partial charge in [-0.05, 0) is 12.1 Å². The molecule has 1 aromatic heterocycles. The number of rotatable bonds is 2. The molecule has 1 nitrogen and oxygen atoms in total. The van der Waals surface area contributed by atoms with Gasteiger partial charge in [-0.25, -0.2) is 9.37 Å². The van der Waals surface area contributed by atoms with Crippen LogP contribution in [-0.4, -0.2) is 4.98 Å². The minimum atomic E-state index is -0.336. The molecule has 0 bridgehead atoms. The SMILES string of the molecule is C#CCCc1nc2c(F)ccc(Cl)c2s1. The lowest BCUT2D eigenvalue weighted by Gasteiger charge is -1.91. The molecule has 2 aromatic rings. The predicted octanol–water partition coefficient (Wildman–Crippen LogP) is 3.65. The highest BCUT2D eigenvalue weighted by atomic mass is 35.5. The fourth-order valence-electron chi connectivity index (χ4n) is 1.28. The van der Waals surface area contributed by atoms with Gasteiger partial charge >= 0.3 is 0 Å². The number of fused-ring (bicyclic) bond motifs is 1. The number of halogens is 2. The Morgan fingerprint density at radius 3 is 3.00 bits per heavy atom. The number of benzene rings is 1. The highest BCUT2D eigenvalue weighted by molar-refractivity contribution is 7.19. The van der Waals surface area contributed by atoms with Crippen LogP contribution in [-0.2, 0) is 6.42 Å². The molecule has 0 atom stereocenters. The molecule has 0 spiro atoms. The first kappa shape index (κ1) is 10.4. The molecule has 0 saturated carbocycles. The van der Waals surface area contributed by atoms with E-state index in [1.807, 2.05) is 0 Å². The van der Waals surface area contributed by atoms with Crippen molar-refractivity contribution in [3.05, 3.63) is 28.0 Å². The van der Waals surface area contributed by atoms with E-state index < -0.39 is 0 Å². The Hall–Kier alpha value is -1.11. The molecule has 0 aliphatic carbocycles. The van der Waals surface area contributed by atoms with Gasteiger partial charge in [0, 0.05) is 12.8 Å². The largest absolute Gasteiger partial charge is 0.238 e. The maximum Gasteiger partial charge on any atom is 0.150 e. The fraction of sp³-hybridized carbons (Fsp3) is 0.182. The maximum atomic E-state index is 13.3. The Bertz CT molecular complexity index is 502. The Kier molecular flexibility index (Phi) is 2.90. The number of terminal acetylenes is 1. The van der Waals surface area contributed by atoms with Crippen LogP contribution in [0.15, 0.2) is 12.1 Å². The van der Waals surface area contributed by atoms with Crippen molar-refractivity contribution in [3.63, 3.8) is 0 Å². The van der Waals surface area contributed by atoms with E-state index in [1.165, 1.54) is 17.4 Å². The molecule has 0 unspecified atom stereocenters. The molecule has 0 amide bonds. The number of thiazole rings is 1. The van der Waals surface area contributed by atoms with Gasteiger partial charge in [0.25, 0.3) is 0 Å². The van der Waals surface area contributed by atoms with Gasteiger partial charge in [-0.15, -0.1) is 23.7 Å². The Labute approximate surface area is 95.9 Å². The number of hydrogen-bond acceptors (Lipinski definition) is 2. The first-order valence-corrected chi connectivity index (χ1v) is 5.58. The van der Waals surface area contributed by atoms with Gasteiger partial charge in [-0.2, -0.15) is 0 Å². The standard InChI is InChI=1S/C11H7ClFNS/c1-2-3-4-9-14-10-8(13)6-5-7(12)11(10)15-9/h1,5-6H,3-4H2. The van der Waals surface area contributed by atoms with Gasteiger partial charge in [-0.3, -0.25) is 0 Å². The van der Waals surface area contributed by atoms with Crippen LogP contribution in [0, 0.1) is 18.2 Å². The van der Waals surface area contributed by atoms with Crippen LogP contribution in [0.2, 0.25) is 5.02 Å². The fourth-order valence-corrected chi connectivity index (χ4v) is 2.53. The van der Waals surface area contributed by atoms with Gasteiger partial charge in [0.2, 0.25) is 0 Å². The smallest absolute Gasteiger partial charge is 0.150 e. The van der Waals surface area contributed by atoms with Crippen LogP contribution in [0.25, 0.3) is 10.2 Å². The van der Waals surface area contributed by atoms with Crippen molar-refractivity contribution in [3.8, 4) is 12.3 Å². The Balaban J connectivity index is 2.51. The lowest BCUT2D eigenvalue weighted by molar-refractivity contribution is 0.637. The molecule has 0 radical (unpaired) electrons. The van der Waals surface area contributed by atoms with Crippen LogP contribution in [0.3, 0.4) is 0 Å². The minimum Gasteiger partial charge on any atom is -0.238 e. The first-order chi connectivity index (χ1) is 7.22. The van der Waals surface area contributed by atoms with Crippen LogP contribution >= 0.6 is 22.9 Å². The Morgan fingerprint density at radius 2 is 2.33 bits per heavy atom. The van der Waals surface area contributed by atoms with Crippen LogP contribution < -0.4 is 0 Å². The second kappa shape index (κ2) is 4.18. The first-order valence-electron chi connectivity index (χ1n) is 4.39. The zero-order chi connectivity index (χ0) is 10.8. The molecule has 0 aliphatic rings. The molecule has 0 aliphatic heterocycles. The monoisotopic (exact) mass is 239 g/mol. The van der Waals surface area contributed by atoms with E-state index in [9.17, 15) is 4.39 Å². The highest BCUT2D eigenvalue weighted by Crippen LogP contribution is 2.31. The van der Waals surface area contributed by atoms with E-state index in [0.717, 1.165) is 5.01 Å². The molecule has 0 fully saturated rings. The number of aryl methyl sites for hydroxylation is 1. The average Bonchev–Trinajstić information content (AvgIpc) is 2.66. The van der Waals surface area contributed by atoms with Crippen molar-refractivity contribution in [1.29, 1.82) is 0 Å². The van der Waals surface area contributed by atoms with Crippen molar-refractivity contribution in [1.82, 2.24) is 4.98 Å². The van der Waals surface area contributed by atoms with Gasteiger partial charge < -0.3 is 0 Å². The van der Waals surface area contributed by atoms with Gasteiger partial charge in [0.05, 0.1) is 14.7 Å². The minimum absolute atomic E-state index is 0.336. The number of nitrogens with zero attached hydrogens (tertiary/aromatic N) is 1. The summed E-state index contributed by atoms with van der Waals surface area (Å²) in [5.41, 5.74) is 0.347. The summed E-state index contributed by atoms with van der Waals surface area (Å²) in [6.45, 7) is 0. The third-order valence-electron chi connectivity index (χ3n) is 1.97.